The van der Waals surface area contributed by atoms with Crippen molar-refractivity contribution in [3.05, 3.63) is 47.5 Å². The van der Waals surface area contributed by atoms with Gasteiger partial charge in [-0.3, -0.25) is 4.57 Å². The number of fused-ring (bicyclic) bond motifs is 1. The summed E-state index contributed by atoms with van der Waals surface area (Å²) in [4.78, 5) is 8.76. The van der Waals surface area contributed by atoms with Crippen molar-refractivity contribution in [3.63, 3.8) is 0 Å². The Balaban J connectivity index is 2.36. The molecule has 0 unspecified atom stereocenters. The molecule has 0 bridgehead atoms. The number of imidazole rings is 1. The van der Waals surface area contributed by atoms with Crippen LogP contribution in [-0.2, 0) is 5.88 Å². The second kappa shape index (κ2) is 5.33. The Bertz CT molecular complexity index is 816. The minimum atomic E-state index is -0.351. The molecule has 0 atom stereocenters. The topological polar surface area (TPSA) is 39.9 Å². The van der Waals surface area contributed by atoms with E-state index in [-0.39, 0.29) is 11.7 Å². The van der Waals surface area contributed by atoms with Crippen molar-refractivity contribution in [2.75, 3.05) is 7.11 Å². The molecule has 0 saturated heterocycles. The van der Waals surface area contributed by atoms with Gasteiger partial charge >= 0.3 is 0 Å². The molecule has 0 amide bonds. The van der Waals surface area contributed by atoms with E-state index in [2.05, 4.69) is 9.97 Å². The summed E-state index contributed by atoms with van der Waals surface area (Å²) in [5.41, 5.74) is 2.49. The number of ether oxygens (including phenoxy) is 1. The number of alkyl halides is 1. The van der Waals surface area contributed by atoms with E-state index in [1.54, 1.807) is 28.8 Å². The summed E-state index contributed by atoms with van der Waals surface area (Å²) in [6.07, 6.45) is 0. The second-order valence-corrected chi connectivity index (χ2v) is 4.92. The molecule has 0 fully saturated rings. The number of halogens is 2. The number of aryl methyl sites for hydroxylation is 1. The lowest BCUT2D eigenvalue weighted by Gasteiger charge is -2.09. The van der Waals surface area contributed by atoms with Gasteiger partial charge in [-0.2, -0.15) is 4.98 Å². The highest BCUT2D eigenvalue weighted by atomic mass is 35.5. The van der Waals surface area contributed by atoms with E-state index in [0.717, 1.165) is 5.56 Å². The molecule has 0 spiro atoms. The molecule has 2 heterocycles. The van der Waals surface area contributed by atoms with Crippen molar-refractivity contribution in [1.29, 1.82) is 0 Å². The molecule has 3 aromatic rings. The maximum atomic E-state index is 14.2. The van der Waals surface area contributed by atoms with Crippen LogP contribution in [0.15, 0.2) is 30.3 Å². The van der Waals surface area contributed by atoms with Gasteiger partial charge in [-0.1, -0.05) is 6.07 Å². The molecular formula is C15H13ClFN3O. The molecule has 0 aliphatic heterocycles. The van der Waals surface area contributed by atoms with Crippen molar-refractivity contribution >= 4 is 22.8 Å². The Labute approximate surface area is 126 Å². The van der Waals surface area contributed by atoms with Crippen LogP contribution in [0, 0.1) is 12.7 Å². The van der Waals surface area contributed by atoms with E-state index in [1.165, 1.54) is 13.2 Å². The van der Waals surface area contributed by atoms with Crippen molar-refractivity contribution in [1.82, 2.24) is 14.5 Å². The lowest BCUT2D eigenvalue weighted by Crippen LogP contribution is -2.04. The summed E-state index contributed by atoms with van der Waals surface area (Å²) in [6.45, 7) is 1.90. The van der Waals surface area contributed by atoms with E-state index in [9.17, 15) is 4.39 Å². The van der Waals surface area contributed by atoms with Crippen LogP contribution in [0.2, 0.25) is 0 Å². The van der Waals surface area contributed by atoms with Crippen LogP contribution in [0.3, 0.4) is 0 Å². The summed E-state index contributed by atoms with van der Waals surface area (Å²) in [7, 11) is 1.53. The maximum absolute atomic E-state index is 14.2. The fraction of sp³-hybridized carbons (Fsp3) is 0.200. The molecule has 21 heavy (non-hydrogen) atoms. The highest BCUT2D eigenvalue weighted by Crippen LogP contribution is 2.25. The Morgan fingerprint density at radius 3 is 2.76 bits per heavy atom. The first kappa shape index (κ1) is 13.8. The predicted molar refractivity (Wildman–Crippen MR) is 79.7 cm³/mol. The van der Waals surface area contributed by atoms with Crippen LogP contribution in [0.4, 0.5) is 4.39 Å². The Morgan fingerprint density at radius 2 is 2.05 bits per heavy atom. The van der Waals surface area contributed by atoms with Gasteiger partial charge in [-0.15, -0.1) is 11.6 Å². The van der Waals surface area contributed by atoms with Crippen LogP contribution in [0.1, 0.15) is 11.4 Å². The number of benzene rings is 1. The van der Waals surface area contributed by atoms with E-state index in [1.807, 2.05) is 6.92 Å². The van der Waals surface area contributed by atoms with Gasteiger partial charge in [-0.25, -0.2) is 9.37 Å². The Hall–Kier alpha value is -2.14. The average molecular weight is 306 g/mol. The fourth-order valence-corrected chi connectivity index (χ4v) is 2.42. The maximum Gasteiger partial charge on any atom is 0.215 e. The summed E-state index contributed by atoms with van der Waals surface area (Å²) < 4.78 is 21.0. The molecule has 108 valence electrons. The van der Waals surface area contributed by atoms with Gasteiger partial charge in [0.15, 0.2) is 5.65 Å². The molecule has 0 radical (unpaired) electrons. The summed E-state index contributed by atoms with van der Waals surface area (Å²) >= 11 is 5.95. The first-order valence-corrected chi connectivity index (χ1v) is 6.92. The largest absolute Gasteiger partial charge is 0.481 e. The zero-order valence-corrected chi connectivity index (χ0v) is 12.4. The van der Waals surface area contributed by atoms with Crippen molar-refractivity contribution in [2.24, 2.45) is 0 Å². The zero-order chi connectivity index (χ0) is 15.0. The number of nitrogens with zero attached hydrogens (tertiary/aromatic N) is 3. The van der Waals surface area contributed by atoms with Crippen molar-refractivity contribution in [2.45, 2.75) is 12.8 Å². The van der Waals surface area contributed by atoms with E-state index >= 15 is 0 Å². The van der Waals surface area contributed by atoms with Gasteiger partial charge in [0.1, 0.15) is 17.2 Å². The molecule has 1 aromatic carbocycles. The number of methoxy groups -OCH3 is 1. The highest BCUT2D eigenvalue weighted by molar-refractivity contribution is 6.16. The number of hydrogen-bond donors (Lipinski definition) is 0. The van der Waals surface area contributed by atoms with E-state index in [0.29, 0.717) is 28.6 Å². The van der Waals surface area contributed by atoms with Crippen LogP contribution in [-0.4, -0.2) is 21.6 Å². The molecule has 4 nitrogen and oxygen atoms in total. The number of hydrogen-bond acceptors (Lipinski definition) is 3. The molecule has 0 aliphatic rings. The van der Waals surface area contributed by atoms with Gasteiger partial charge in [0.2, 0.25) is 5.88 Å². The lowest BCUT2D eigenvalue weighted by atomic mass is 10.2. The van der Waals surface area contributed by atoms with Gasteiger partial charge in [0.05, 0.1) is 18.7 Å². The minimum Gasteiger partial charge on any atom is -0.481 e. The zero-order valence-electron chi connectivity index (χ0n) is 11.6. The molecule has 0 N–H and O–H groups in total. The summed E-state index contributed by atoms with van der Waals surface area (Å²) in [5, 5.41) is 0. The molecule has 2 aromatic heterocycles. The first-order valence-electron chi connectivity index (χ1n) is 6.39. The molecule has 0 saturated carbocycles. The third-order valence-corrected chi connectivity index (χ3v) is 3.46. The minimum absolute atomic E-state index is 0.159. The first-order chi connectivity index (χ1) is 10.1. The van der Waals surface area contributed by atoms with Crippen LogP contribution < -0.4 is 4.74 Å². The summed E-state index contributed by atoms with van der Waals surface area (Å²) in [6, 6.07) is 8.38. The van der Waals surface area contributed by atoms with E-state index in [4.69, 9.17) is 16.3 Å². The van der Waals surface area contributed by atoms with Gasteiger partial charge in [-0.05, 0) is 30.7 Å². The molecule has 6 heteroatoms. The van der Waals surface area contributed by atoms with Gasteiger partial charge < -0.3 is 4.74 Å². The normalized spacial score (nSPS) is 11.0. The molecular weight excluding hydrogens is 293 g/mol. The standard InChI is InChI=1S/C15H13ClFN3O/c1-9-3-4-10(17)12(7-9)20-13(8-16)18-11-5-6-14(21-2)19-15(11)20/h3-7H,8H2,1-2H3. The SMILES string of the molecule is COc1ccc2nc(CCl)n(-c3cc(C)ccc3F)c2n1. The monoisotopic (exact) mass is 305 g/mol. The van der Waals surface area contributed by atoms with Crippen molar-refractivity contribution in [3.8, 4) is 11.6 Å². The smallest absolute Gasteiger partial charge is 0.215 e. The van der Waals surface area contributed by atoms with Crippen LogP contribution in [0.5, 0.6) is 5.88 Å². The summed E-state index contributed by atoms with van der Waals surface area (Å²) in [5.74, 6) is 0.789. The van der Waals surface area contributed by atoms with Crippen LogP contribution >= 0.6 is 11.6 Å². The fourth-order valence-electron chi connectivity index (χ4n) is 2.24. The quantitative estimate of drug-likeness (QED) is 0.694. The third-order valence-electron chi connectivity index (χ3n) is 3.22. The predicted octanol–water partition coefficient (Wildman–Crippen LogP) is 3.62. The third kappa shape index (κ3) is 2.34. The van der Waals surface area contributed by atoms with E-state index < -0.39 is 0 Å². The van der Waals surface area contributed by atoms with Crippen molar-refractivity contribution < 1.29 is 9.13 Å². The Morgan fingerprint density at radius 1 is 1.24 bits per heavy atom. The number of rotatable bonds is 3. The van der Waals surface area contributed by atoms with Crippen LogP contribution in [0.25, 0.3) is 16.9 Å². The number of aromatic nitrogens is 3. The number of pyridine rings is 1. The molecule has 3 rings (SSSR count). The second-order valence-electron chi connectivity index (χ2n) is 4.65. The lowest BCUT2D eigenvalue weighted by molar-refractivity contribution is 0.399. The molecule has 0 aliphatic carbocycles. The Kier molecular flexibility index (Phi) is 3.51. The van der Waals surface area contributed by atoms with Gasteiger partial charge in [0.25, 0.3) is 0 Å². The average Bonchev–Trinajstić information content (AvgIpc) is 2.87. The van der Waals surface area contributed by atoms with Gasteiger partial charge in [0, 0.05) is 6.07 Å². The highest BCUT2D eigenvalue weighted by Gasteiger charge is 2.16.